The topological polar surface area (TPSA) is 142 Å². The molecule has 0 bridgehead atoms. The number of carboxylic acid groups (broad SMARTS) is 1. The van der Waals surface area contributed by atoms with Gasteiger partial charge in [0.15, 0.2) is 0 Å². The van der Waals surface area contributed by atoms with Crippen LogP contribution in [0, 0.1) is 19.7 Å². The normalized spacial score (nSPS) is 12.7. The highest BCUT2D eigenvalue weighted by Gasteiger charge is 2.24. The third kappa shape index (κ3) is 6.07. The Hall–Kier alpha value is -3.46. The minimum atomic E-state index is -4.15. The Kier molecular flexibility index (Phi) is 7.33. The van der Waals surface area contributed by atoms with E-state index in [9.17, 15) is 23.4 Å². The van der Waals surface area contributed by atoms with Crippen molar-refractivity contribution in [2.75, 3.05) is 0 Å². The van der Waals surface area contributed by atoms with Gasteiger partial charge >= 0.3 is 13.5 Å². The molecular formula is C22H22FN4O5P. The van der Waals surface area contributed by atoms with E-state index in [2.05, 4.69) is 20.4 Å². The zero-order chi connectivity index (χ0) is 24.2. The number of amides is 1. The summed E-state index contributed by atoms with van der Waals surface area (Å²) in [6.07, 6.45) is 1.02. The molecule has 0 saturated heterocycles. The minimum absolute atomic E-state index is 0.0238. The number of hydrogen-bond donors (Lipinski definition) is 4. The summed E-state index contributed by atoms with van der Waals surface area (Å²) >= 11 is 0. The van der Waals surface area contributed by atoms with Gasteiger partial charge in [-0.15, -0.1) is 0 Å². The van der Waals surface area contributed by atoms with Crippen LogP contribution in [-0.4, -0.2) is 31.8 Å². The van der Waals surface area contributed by atoms with E-state index in [-0.39, 0.29) is 35.6 Å². The molecule has 11 heteroatoms. The van der Waals surface area contributed by atoms with Crippen LogP contribution in [0.3, 0.4) is 0 Å². The first kappa shape index (κ1) is 24.2. The van der Waals surface area contributed by atoms with Gasteiger partial charge in [-0.2, -0.15) is 0 Å². The zero-order valence-corrected chi connectivity index (χ0v) is 18.8. The van der Waals surface area contributed by atoms with E-state index < -0.39 is 19.4 Å². The van der Waals surface area contributed by atoms with E-state index in [0.29, 0.717) is 22.3 Å². The van der Waals surface area contributed by atoms with Crippen LogP contribution in [-0.2, 0) is 17.7 Å². The summed E-state index contributed by atoms with van der Waals surface area (Å²) in [6.45, 7) is 3.35. The fraction of sp³-hybridized carbons (Fsp3) is 0.182. The molecule has 3 rings (SSSR count). The quantitative estimate of drug-likeness (QED) is 0.367. The van der Waals surface area contributed by atoms with Gasteiger partial charge in [-0.25, -0.2) is 24.2 Å². The highest BCUT2D eigenvalue weighted by atomic mass is 31.2. The second-order valence-electron chi connectivity index (χ2n) is 7.39. The van der Waals surface area contributed by atoms with Gasteiger partial charge in [0.1, 0.15) is 23.3 Å². The molecular weight excluding hydrogens is 450 g/mol. The van der Waals surface area contributed by atoms with Crippen LogP contribution in [0.25, 0.3) is 0 Å². The number of carbonyl (C=O) groups is 2. The Balaban J connectivity index is 1.67. The molecule has 172 valence electrons. The Morgan fingerprint density at radius 3 is 2.33 bits per heavy atom. The Morgan fingerprint density at radius 1 is 1.00 bits per heavy atom. The summed E-state index contributed by atoms with van der Waals surface area (Å²) in [7, 11) is -4.15. The maximum absolute atomic E-state index is 13.4. The number of aryl methyl sites for hydroxylation is 2. The van der Waals surface area contributed by atoms with Crippen molar-refractivity contribution in [1.29, 1.82) is 0 Å². The fourth-order valence-electron chi connectivity index (χ4n) is 3.08. The summed E-state index contributed by atoms with van der Waals surface area (Å²) in [5, 5.41) is 14.2. The summed E-state index contributed by atoms with van der Waals surface area (Å²) in [5.74, 6) is -1.98. The largest absolute Gasteiger partial charge is 0.478 e. The Bertz CT molecular complexity index is 1270. The summed E-state index contributed by atoms with van der Waals surface area (Å²) < 4.78 is 26.1. The molecule has 0 fully saturated rings. The molecule has 0 aliphatic carbocycles. The number of nitrogens with zero attached hydrogens (tertiary/aromatic N) is 2. The molecule has 1 atom stereocenters. The number of benzene rings is 2. The maximum Gasteiger partial charge on any atom is 0.335 e. The molecule has 1 unspecified atom stereocenters. The third-order valence-corrected chi connectivity index (χ3v) is 6.34. The fourth-order valence-corrected chi connectivity index (χ4v) is 4.15. The molecule has 4 N–H and O–H groups in total. The van der Waals surface area contributed by atoms with E-state index in [1.54, 1.807) is 38.1 Å². The molecule has 1 heterocycles. The Morgan fingerprint density at radius 2 is 1.67 bits per heavy atom. The SMILES string of the molecule is Cc1cc(CNC(=O)c2cc(P(=O)(O)NCc3ccc(C(=O)O)c(C)c3)ncn2)ccc1F. The molecule has 9 nitrogen and oxygen atoms in total. The summed E-state index contributed by atoms with van der Waals surface area (Å²) in [6, 6.07) is 10.2. The standard InChI is InChI=1S/C22H22FN4O5P/c1-13-7-16(3-5-17(13)22(29)30)11-27-33(31,32)20-9-19(25-12-26-20)21(28)24-10-15-4-6-18(23)14(2)8-15/h3-9,12H,10-11H2,1-2H3,(H,24,28)(H,29,30)(H2,27,31,32). The van der Waals surface area contributed by atoms with Crippen LogP contribution in [0.4, 0.5) is 4.39 Å². The molecule has 3 aromatic rings. The molecule has 33 heavy (non-hydrogen) atoms. The number of carbonyl (C=O) groups excluding carboxylic acids is 1. The first-order valence-electron chi connectivity index (χ1n) is 9.83. The third-order valence-electron chi connectivity index (χ3n) is 4.89. The lowest BCUT2D eigenvalue weighted by molar-refractivity contribution is 0.0695. The van der Waals surface area contributed by atoms with Crippen LogP contribution in [0.15, 0.2) is 48.8 Å². The molecule has 1 amide bonds. The first-order valence-corrected chi connectivity index (χ1v) is 11.5. The predicted octanol–water partition coefficient (Wildman–Crippen LogP) is 2.46. The van der Waals surface area contributed by atoms with Crippen LogP contribution in [0.5, 0.6) is 0 Å². The van der Waals surface area contributed by atoms with Gasteiger partial charge in [0.05, 0.1) is 5.56 Å². The van der Waals surface area contributed by atoms with Gasteiger partial charge in [-0.3, -0.25) is 9.36 Å². The van der Waals surface area contributed by atoms with Crippen LogP contribution < -0.4 is 15.8 Å². The van der Waals surface area contributed by atoms with Crippen molar-refractivity contribution < 1.29 is 28.5 Å². The molecule has 0 aliphatic heterocycles. The van der Waals surface area contributed by atoms with E-state index in [1.807, 2.05) is 0 Å². The van der Waals surface area contributed by atoms with Crippen molar-refractivity contribution in [3.8, 4) is 0 Å². The van der Waals surface area contributed by atoms with E-state index in [0.717, 1.165) is 12.4 Å². The molecule has 1 aromatic heterocycles. The monoisotopic (exact) mass is 472 g/mol. The minimum Gasteiger partial charge on any atom is -0.478 e. The van der Waals surface area contributed by atoms with Crippen LogP contribution in [0.2, 0.25) is 0 Å². The molecule has 0 radical (unpaired) electrons. The average Bonchev–Trinajstić information content (AvgIpc) is 2.78. The van der Waals surface area contributed by atoms with Gasteiger partial charge in [-0.05, 0) is 48.2 Å². The summed E-state index contributed by atoms with van der Waals surface area (Å²) in [5.41, 5.74) is 2.06. The van der Waals surface area contributed by atoms with Gasteiger partial charge in [0.25, 0.3) is 5.91 Å². The van der Waals surface area contributed by atoms with E-state index in [4.69, 9.17) is 5.11 Å². The molecule has 0 spiro atoms. The van der Waals surface area contributed by atoms with Crippen LogP contribution in [0.1, 0.15) is 43.1 Å². The zero-order valence-electron chi connectivity index (χ0n) is 17.9. The highest BCUT2D eigenvalue weighted by molar-refractivity contribution is 7.63. The van der Waals surface area contributed by atoms with Crippen molar-refractivity contribution in [1.82, 2.24) is 20.4 Å². The molecule has 2 aromatic carbocycles. The molecule has 0 aliphatic rings. The van der Waals surface area contributed by atoms with E-state index >= 15 is 0 Å². The maximum atomic E-state index is 13.4. The van der Waals surface area contributed by atoms with Gasteiger partial charge in [-0.1, -0.05) is 24.3 Å². The second-order valence-corrected chi connectivity index (χ2v) is 9.32. The van der Waals surface area contributed by atoms with Crippen LogP contribution >= 0.6 is 7.52 Å². The number of hydrogen-bond acceptors (Lipinski definition) is 5. The van der Waals surface area contributed by atoms with Gasteiger partial charge in [0.2, 0.25) is 0 Å². The average molecular weight is 472 g/mol. The highest BCUT2D eigenvalue weighted by Crippen LogP contribution is 2.33. The number of aromatic nitrogens is 2. The number of aromatic carboxylic acids is 1. The molecule has 0 saturated carbocycles. The smallest absolute Gasteiger partial charge is 0.335 e. The lowest BCUT2D eigenvalue weighted by Gasteiger charge is -2.14. The number of halogens is 1. The predicted molar refractivity (Wildman–Crippen MR) is 119 cm³/mol. The van der Waals surface area contributed by atoms with Gasteiger partial charge < -0.3 is 15.3 Å². The Labute approximate surface area is 189 Å². The van der Waals surface area contributed by atoms with Crippen molar-refractivity contribution in [2.24, 2.45) is 0 Å². The van der Waals surface area contributed by atoms with Crippen molar-refractivity contribution in [3.05, 3.63) is 88.1 Å². The summed E-state index contributed by atoms with van der Waals surface area (Å²) in [4.78, 5) is 41.6. The number of rotatable bonds is 8. The van der Waals surface area contributed by atoms with Crippen molar-refractivity contribution in [3.63, 3.8) is 0 Å². The van der Waals surface area contributed by atoms with E-state index in [1.165, 1.54) is 12.1 Å². The lowest BCUT2D eigenvalue weighted by Crippen LogP contribution is -2.27. The number of carboxylic acids is 1. The van der Waals surface area contributed by atoms with Gasteiger partial charge in [0, 0.05) is 19.2 Å². The lowest BCUT2D eigenvalue weighted by atomic mass is 10.1. The number of nitrogens with one attached hydrogen (secondary N) is 2. The first-order chi connectivity index (χ1) is 15.6. The second kappa shape index (κ2) is 9.99. The van der Waals surface area contributed by atoms with Crippen molar-refractivity contribution in [2.45, 2.75) is 26.9 Å². The van der Waals surface area contributed by atoms with Crippen molar-refractivity contribution >= 4 is 24.8 Å².